The molecule has 0 unspecified atom stereocenters. The highest BCUT2D eigenvalue weighted by Gasteiger charge is 2.09. The van der Waals surface area contributed by atoms with Crippen molar-refractivity contribution in [1.29, 1.82) is 0 Å². The second-order valence-corrected chi connectivity index (χ2v) is 4.21. The van der Waals surface area contributed by atoms with E-state index in [0.717, 1.165) is 5.56 Å². The van der Waals surface area contributed by atoms with Crippen LogP contribution in [0.2, 0.25) is 0 Å². The minimum absolute atomic E-state index is 0.0472. The normalized spacial score (nSPS) is 9.89. The summed E-state index contributed by atoms with van der Waals surface area (Å²) in [5.41, 5.74) is 2.18. The van der Waals surface area contributed by atoms with E-state index in [2.05, 4.69) is 5.32 Å². The van der Waals surface area contributed by atoms with Crippen LogP contribution in [0.15, 0.2) is 24.3 Å². The van der Waals surface area contributed by atoms with E-state index in [-0.39, 0.29) is 19.0 Å². The number of hydrogen-bond donors (Lipinski definition) is 2. The molecule has 0 atom stereocenters. The summed E-state index contributed by atoms with van der Waals surface area (Å²) < 4.78 is 0. The van der Waals surface area contributed by atoms with E-state index >= 15 is 0 Å². The predicted octanol–water partition coefficient (Wildman–Crippen LogP) is 1.61. The summed E-state index contributed by atoms with van der Waals surface area (Å²) in [5.74, 6) is -0.909. The molecule has 0 aliphatic rings. The van der Waals surface area contributed by atoms with Gasteiger partial charge in [-0.15, -0.1) is 0 Å². The van der Waals surface area contributed by atoms with Crippen molar-refractivity contribution in [3.8, 4) is 0 Å². The van der Waals surface area contributed by atoms with Crippen molar-refractivity contribution in [2.45, 2.75) is 19.9 Å². The van der Waals surface area contributed by atoms with Crippen LogP contribution in [0.25, 0.3) is 0 Å². The molecule has 5 heteroatoms. The number of aryl methyl sites for hydroxylation is 1. The Labute approximate surface area is 106 Å². The number of carboxylic acids is 1. The van der Waals surface area contributed by atoms with E-state index in [1.165, 1.54) is 10.5 Å². The van der Waals surface area contributed by atoms with Gasteiger partial charge < -0.3 is 15.3 Å². The summed E-state index contributed by atoms with van der Waals surface area (Å²) >= 11 is 0. The minimum atomic E-state index is -0.909. The molecule has 0 aliphatic carbocycles. The number of hydrogen-bond acceptors (Lipinski definition) is 2. The maximum atomic E-state index is 11.6. The summed E-state index contributed by atoms with van der Waals surface area (Å²) in [5, 5.41) is 11.3. The standard InChI is InChI=1S/C13H18N2O3/c1-10-3-5-11(6-4-10)9-14-13(18)15(2)8-7-12(16)17/h3-6H,7-9H2,1-2H3,(H,14,18)(H,16,17). The first-order valence-corrected chi connectivity index (χ1v) is 5.75. The summed E-state index contributed by atoms with van der Waals surface area (Å²) in [6.45, 7) is 2.65. The van der Waals surface area contributed by atoms with Crippen LogP contribution >= 0.6 is 0 Å². The van der Waals surface area contributed by atoms with Gasteiger partial charge in [-0.25, -0.2) is 4.79 Å². The smallest absolute Gasteiger partial charge is 0.317 e. The zero-order valence-corrected chi connectivity index (χ0v) is 10.6. The molecule has 2 amide bonds. The molecule has 1 aromatic carbocycles. The molecule has 0 spiro atoms. The highest BCUT2D eigenvalue weighted by atomic mass is 16.4. The van der Waals surface area contributed by atoms with Crippen LogP contribution in [0.3, 0.4) is 0 Å². The van der Waals surface area contributed by atoms with Crippen molar-refractivity contribution in [3.63, 3.8) is 0 Å². The van der Waals surface area contributed by atoms with Crippen molar-refractivity contribution >= 4 is 12.0 Å². The molecule has 0 aromatic heterocycles. The second-order valence-electron chi connectivity index (χ2n) is 4.21. The van der Waals surface area contributed by atoms with Crippen molar-refractivity contribution < 1.29 is 14.7 Å². The molecule has 2 N–H and O–H groups in total. The Morgan fingerprint density at radius 1 is 1.28 bits per heavy atom. The number of amides is 2. The Morgan fingerprint density at radius 2 is 1.89 bits per heavy atom. The summed E-state index contributed by atoms with van der Waals surface area (Å²) in [7, 11) is 1.58. The van der Waals surface area contributed by atoms with Crippen LogP contribution in [0, 0.1) is 6.92 Å². The Bertz CT molecular complexity index is 415. The lowest BCUT2D eigenvalue weighted by atomic mass is 10.1. The second kappa shape index (κ2) is 6.64. The molecule has 0 saturated heterocycles. The van der Waals surface area contributed by atoms with Gasteiger partial charge in [-0.05, 0) is 12.5 Å². The molecule has 98 valence electrons. The Balaban J connectivity index is 2.36. The maximum absolute atomic E-state index is 11.6. The van der Waals surface area contributed by atoms with Crippen LogP contribution in [-0.4, -0.2) is 35.6 Å². The van der Waals surface area contributed by atoms with Gasteiger partial charge in [0.2, 0.25) is 0 Å². The third-order valence-corrected chi connectivity index (χ3v) is 2.57. The van der Waals surface area contributed by atoms with Gasteiger partial charge in [0.15, 0.2) is 0 Å². The molecule has 5 nitrogen and oxygen atoms in total. The molecule has 0 radical (unpaired) electrons. The molecule has 18 heavy (non-hydrogen) atoms. The zero-order valence-electron chi connectivity index (χ0n) is 10.6. The number of nitrogens with one attached hydrogen (secondary N) is 1. The van der Waals surface area contributed by atoms with E-state index in [0.29, 0.717) is 6.54 Å². The minimum Gasteiger partial charge on any atom is -0.481 e. The molecule has 0 saturated carbocycles. The van der Waals surface area contributed by atoms with Crippen LogP contribution in [-0.2, 0) is 11.3 Å². The lowest BCUT2D eigenvalue weighted by molar-refractivity contribution is -0.137. The van der Waals surface area contributed by atoms with Gasteiger partial charge >= 0.3 is 12.0 Å². The van der Waals surface area contributed by atoms with E-state index < -0.39 is 5.97 Å². The number of carbonyl (C=O) groups is 2. The molecular weight excluding hydrogens is 232 g/mol. The van der Waals surface area contributed by atoms with Crippen LogP contribution in [0.4, 0.5) is 4.79 Å². The van der Waals surface area contributed by atoms with Crippen molar-refractivity contribution in [3.05, 3.63) is 35.4 Å². The predicted molar refractivity (Wildman–Crippen MR) is 68.3 cm³/mol. The van der Waals surface area contributed by atoms with Crippen molar-refractivity contribution in [2.24, 2.45) is 0 Å². The summed E-state index contributed by atoms with van der Waals surface area (Å²) in [4.78, 5) is 23.4. The third kappa shape index (κ3) is 4.86. The largest absolute Gasteiger partial charge is 0.481 e. The van der Waals surface area contributed by atoms with Crippen LogP contribution in [0.1, 0.15) is 17.5 Å². The average Bonchev–Trinajstić information content (AvgIpc) is 2.34. The van der Waals surface area contributed by atoms with Crippen LogP contribution in [0.5, 0.6) is 0 Å². The maximum Gasteiger partial charge on any atom is 0.317 e. The number of nitrogens with zero attached hydrogens (tertiary/aromatic N) is 1. The zero-order chi connectivity index (χ0) is 13.5. The fraction of sp³-hybridized carbons (Fsp3) is 0.385. The summed E-state index contributed by atoms with van der Waals surface area (Å²) in [6.07, 6.45) is -0.0472. The number of carbonyl (C=O) groups excluding carboxylic acids is 1. The first-order chi connectivity index (χ1) is 8.49. The molecule has 0 heterocycles. The summed E-state index contributed by atoms with van der Waals surface area (Å²) in [6, 6.07) is 7.60. The molecule has 0 aliphatic heterocycles. The molecule has 1 rings (SSSR count). The number of urea groups is 1. The Kier molecular flexibility index (Phi) is 5.17. The number of aliphatic carboxylic acids is 1. The number of benzene rings is 1. The average molecular weight is 250 g/mol. The molecule has 0 fully saturated rings. The van der Waals surface area contributed by atoms with E-state index in [4.69, 9.17) is 5.11 Å². The van der Waals surface area contributed by atoms with Gasteiger partial charge in [-0.1, -0.05) is 29.8 Å². The van der Waals surface area contributed by atoms with Gasteiger partial charge in [-0.3, -0.25) is 4.79 Å². The molecular formula is C13H18N2O3. The first kappa shape index (κ1) is 14.0. The van der Waals surface area contributed by atoms with Gasteiger partial charge in [0.25, 0.3) is 0 Å². The fourth-order valence-corrected chi connectivity index (χ4v) is 1.38. The Hall–Kier alpha value is -2.04. The highest BCUT2D eigenvalue weighted by molar-refractivity contribution is 5.75. The fourth-order valence-electron chi connectivity index (χ4n) is 1.38. The SMILES string of the molecule is Cc1ccc(CNC(=O)N(C)CCC(=O)O)cc1. The van der Waals surface area contributed by atoms with E-state index in [1.807, 2.05) is 31.2 Å². The monoisotopic (exact) mass is 250 g/mol. The number of carboxylic acid groups (broad SMARTS) is 1. The lowest BCUT2D eigenvalue weighted by Crippen LogP contribution is -2.37. The van der Waals surface area contributed by atoms with Crippen molar-refractivity contribution in [2.75, 3.05) is 13.6 Å². The van der Waals surface area contributed by atoms with Gasteiger partial charge in [-0.2, -0.15) is 0 Å². The molecule has 0 bridgehead atoms. The quantitative estimate of drug-likeness (QED) is 0.834. The lowest BCUT2D eigenvalue weighted by Gasteiger charge is -2.16. The first-order valence-electron chi connectivity index (χ1n) is 5.75. The van der Waals surface area contributed by atoms with Gasteiger partial charge in [0.1, 0.15) is 0 Å². The van der Waals surface area contributed by atoms with E-state index in [9.17, 15) is 9.59 Å². The van der Waals surface area contributed by atoms with Gasteiger partial charge in [0, 0.05) is 20.1 Å². The number of rotatable bonds is 5. The molecule has 1 aromatic rings. The Morgan fingerprint density at radius 3 is 2.44 bits per heavy atom. The highest BCUT2D eigenvalue weighted by Crippen LogP contribution is 2.02. The van der Waals surface area contributed by atoms with Crippen LogP contribution < -0.4 is 5.32 Å². The van der Waals surface area contributed by atoms with E-state index in [1.54, 1.807) is 7.05 Å². The van der Waals surface area contributed by atoms with Crippen molar-refractivity contribution in [1.82, 2.24) is 10.2 Å². The topological polar surface area (TPSA) is 69.6 Å². The van der Waals surface area contributed by atoms with Gasteiger partial charge in [0.05, 0.1) is 6.42 Å². The third-order valence-electron chi connectivity index (χ3n) is 2.57.